The maximum Gasteiger partial charge on any atom is 0.0371 e. The second-order valence-corrected chi connectivity index (χ2v) is 6.05. The molecule has 0 amide bonds. The first-order valence-electron chi connectivity index (χ1n) is 3.85. The first-order chi connectivity index (χ1) is 5.88. The first-order valence-corrected chi connectivity index (χ1v) is 7.56. The fraction of sp³-hybridized carbons (Fsp3) is 0.714. The van der Waals surface area contributed by atoms with E-state index in [1.165, 1.54) is 22.8 Å². The quantitative estimate of drug-likeness (QED) is 0.435. The van der Waals surface area contributed by atoms with Gasteiger partial charge in [0.2, 0.25) is 0 Å². The highest BCUT2D eigenvalue weighted by Crippen LogP contribution is 2.34. The smallest absolute Gasteiger partial charge is 0.0371 e. The van der Waals surface area contributed by atoms with Gasteiger partial charge < -0.3 is 5.43 Å². The first kappa shape index (κ1) is 10.6. The molecule has 0 aliphatic carbocycles. The molecular formula is C7H14N2S3. The summed E-state index contributed by atoms with van der Waals surface area (Å²) < 4.78 is 0. The minimum absolute atomic E-state index is 1.10. The molecule has 1 heterocycles. The van der Waals surface area contributed by atoms with Gasteiger partial charge in [-0.2, -0.15) is 11.8 Å². The molecule has 1 aliphatic rings. The number of hydrazine groups is 1. The molecule has 12 heavy (non-hydrogen) atoms. The maximum absolute atomic E-state index is 5.45. The summed E-state index contributed by atoms with van der Waals surface area (Å²) in [5.41, 5.74) is 4.05. The van der Waals surface area contributed by atoms with E-state index in [4.69, 9.17) is 5.84 Å². The van der Waals surface area contributed by atoms with Crippen molar-refractivity contribution in [1.82, 2.24) is 5.43 Å². The van der Waals surface area contributed by atoms with Gasteiger partial charge in [-0.25, -0.2) is 0 Å². The number of allylic oxidation sites excluding steroid dienone is 1. The second kappa shape index (κ2) is 6.07. The fourth-order valence-electron chi connectivity index (χ4n) is 1.07. The van der Waals surface area contributed by atoms with Crippen LogP contribution in [0, 0.1) is 0 Å². The Kier molecular flexibility index (Phi) is 5.38. The molecule has 70 valence electrons. The maximum atomic E-state index is 5.45. The van der Waals surface area contributed by atoms with E-state index in [2.05, 4.69) is 11.7 Å². The van der Waals surface area contributed by atoms with Crippen LogP contribution in [0.25, 0.3) is 0 Å². The lowest BCUT2D eigenvalue weighted by Gasteiger charge is -2.08. The number of rotatable bonds is 3. The number of hydrogen-bond acceptors (Lipinski definition) is 5. The van der Waals surface area contributed by atoms with Gasteiger partial charge in [-0.1, -0.05) is 21.6 Å². The van der Waals surface area contributed by atoms with E-state index < -0.39 is 0 Å². The summed E-state index contributed by atoms with van der Waals surface area (Å²) in [6.07, 6.45) is 4.44. The highest BCUT2D eigenvalue weighted by atomic mass is 33.1. The van der Waals surface area contributed by atoms with Crippen LogP contribution in [-0.2, 0) is 0 Å². The van der Waals surface area contributed by atoms with Gasteiger partial charge >= 0.3 is 0 Å². The molecule has 0 saturated carbocycles. The van der Waals surface area contributed by atoms with E-state index in [0.29, 0.717) is 0 Å². The van der Waals surface area contributed by atoms with Crippen LogP contribution in [0.15, 0.2) is 10.6 Å². The van der Waals surface area contributed by atoms with Crippen LogP contribution in [0.5, 0.6) is 0 Å². The summed E-state index contributed by atoms with van der Waals surface area (Å²) in [5, 5.41) is 0. The van der Waals surface area contributed by atoms with Gasteiger partial charge in [0, 0.05) is 16.4 Å². The Labute approximate surface area is 85.9 Å². The molecular weight excluding hydrogens is 208 g/mol. The molecule has 0 aromatic heterocycles. The summed E-state index contributed by atoms with van der Waals surface area (Å²) >= 11 is 2.00. The standard InChI is InChI=1S/C7H14N2S3/c1-10-12-7-5-11-4-2-3-6(7)9-8/h9H,2-5,8H2,1H3. The van der Waals surface area contributed by atoms with Crippen LogP contribution < -0.4 is 11.3 Å². The lowest BCUT2D eigenvalue weighted by atomic mass is 10.2. The highest BCUT2D eigenvalue weighted by Gasteiger charge is 2.10. The van der Waals surface area contributed by atoms with Crippen molar-refractivity contribution in [3.63, 3.8) is 0 Å². The molecule has 0 saturated heterocycles. The van der Waals surface area contributed by atoms with Gasteiger partial charge in [-0.3, -0.25) is 5.84 Å². The third kappa shape index (κ3) is 3.12. The van der Waals surface area contributed by atoms with Crippen molar-refractivity contribution < 1.29 is 0 Å². The SMILES string of the molecule is CSSC1=C(NN)CCCSC1. The Morgan fingerprint density at radius 1 is 1.58 bits per heavy atom. The van der Waals surface area contributed by atoms with Crippen molar-refractivity contribution in [2.45, 2.75) is 12.8 Å². The van der Waals surface area contributed by atoms with Gasteiger partial charge in [-0.15, -0.1) is 0 Å². The van der Waals surface area contributed by atoms with E-state index in [9.17, 15) is 0 Å². The zero-order valence-electron chi connectivity index (χ0n) is 7.13. The van der Waals surface area contributed by atoms with E-state index in [-0.39, 0.29) is 0 Å². The lowest BCUT2D eigenvalue weighted by molar-refractivity contribution is 0.777. The monoisotopic (exact) mass is 222 g/mol. The number of nitrogens with two attached hydrogens (primary N) is 1. The molecule has 1 aliphatic heterocycles. The Balaban J connectivity index is 2.60. The third-order valence-electron chi connectivity index (χ3n) is 1.64. The number of thioether (sulfide) groups is 1. The predicted octanol–water partition coefficient (Wildman–Crippen LogP) is 2.20. The molecule has 0 bridgehead atoms. The third-order valence-corrected chi connectivity index (χ3v) is 4.76. The molecule has 2 nitrogen and oxygen atoms in total. The Morgan fingerprint density at radius 3 is 3.08 bits per heavy atom. The minimum Gasteiger partial charge on any atom is -0.327 e. The average molecular weight is 222 g/mol. The van der Waals surface area contributed by atoms with Crippen LogP contribution >= 0.6 is 33.3 Å². The van der Waals surface area contributed by atoms with E-state index in [1.54, 1.807) is 10.8 Å². The van der Waals surface area contributed by atoms with Crippen molar-refractivity contribution >= 4 is 33.3 Å². The van der Waals surface area contributed by atoms with Crippen LogP contribution in [-0.4, -0.2) is 17.8 Å². The predicted molar refractivity (Wildman–Crippen MR) is 62.0 cm³/mol. The molecule has 5 heteroatoms. The van der Waals surface area contributed by atoms with E-state index >= 15 is 0 Å². The molecule has 0 aromatic rings. The van der Waals surface area contributed by atoms with E-state index in [1.807, 2.05) is 22.6 Å². The van der Waals surface area contributed by atoms with Crippen LogP contribution in [0.3, 0.4) is 0 Å². The average Bonchev–Trinajstić information content (AvgIpc) is 2.30. The van der Waals surface area contributed by atoms with Crippen molar-refractivity contribution in [3.05, 3.63) is 10.6 Å². The lowest BCUT2D eigenvalue weighted by Crippen LogP contribution is -2.22. The van der Waals surface area contributed by atoms with Crippen molar-refractivity contribution in [1.29, 1.82) is 0 Å². The Morgan fingerprint density at radius 2 is 2.42 bits per heavy atom. The van der Waals surface area contributed by atoms with E-state index in [0.717, 1.165) is 12.2 Å². The van der Waals surface area contributed by atoms with Crippen LogP contribution in [0.1, 0.15) is 12.8 Å². The van der Waals surface area contributed by atoms with Crippen molar-refractivity contribution in [3.8, 4) is 0 Å². The largest absolute Gasteiger partial charge is 0.327 e. The minimum atomic E-state index is 1.10. The topological polar surface area (TPSA) is 38.0 Å². The summed E-state index contributed by atoms with van der Waals surface area (Å²) in [6, 6.07) is 0. The summed E-state index contributed by atoms with van der Waals surface area (Å²) in [4.78, 5) is 1.41. The van der Waals surface area contributed by atoms with Gasteiger partial charge in [0.25, 0.3) is 0 Å². The number of nitrogens with one attached hydrogen (secondary N) is 1. The number of hydrogen-bond donors (Lipinski definition) is 2. The summed E-state index contributed by atoms with van der Waals surface area (Å²) in [5.74, 6) is 7.82. The van der Waals surface area contributed by atoms with Gasteiger partial charge in [0.15, 0.2) is 0 Å². The van der Waals surface area contributed by atoms with Gasteiger partial charge in [-0.05, 0) is 24.9 Å². The van der Waals surface area contributed by atoms with Crippen LogP contribution in [0.2, 0.25) is 0 Å². The summed E-state index contributed by atoms with van der Waals surface area (Å²) in [7, 11) is 3.62. The molecule has 0 fully saturated rings. The molecule has 1 rings (SSSR count). The molecule has 0 unspecified atom stereocenters. The molecule has 0 atom stereocenters. The molecule has 3 N–H and O–H groups in total. The fourth-order valence-corrected chi connectivity index (χ4v) is 4.17. The van der Waals surface area contributed by atoms with Crippen molar-refractivity contribution in [2.24, 2.45) is 5.84 Å². The van der Waals surface area contributed by atoms with Gasteiger partial charge in [0.05, 0.1) is 0 Å². The Hall–Kier alpha value is 0.550. The molecule has 0 spiro atoms. The van der Waals surface area contributed by atoms with Crippen LogP contribution in [0.4, 0.5) is 0 Å². The van der Waals surface area contributed by atoms with Gasteiger partial charge in [0.1, 0.15) is 0 Å². The Bertz CT molecular complexity index is 170. The molecule has 0 radical (unpaired) electrons. The van der Waals surface area contributed by atoms with Crippen molar-refractivity contribution in [2.75, 3.05) is 17.8 Å². The zero-order valence-corrected chi connectivity index (χ0v) is 9.58. The zero-order chi connectivity index (χ0) is 8.81. The molecule has 0 aromatic carbocycles. The highest BCUT2D eigenvalue weighted by molar-refractivity contribution is 8.78. The normalized spacial score (nSPS) is 19.2. The second-order valence-electron chi connectivity index (χ2n) is 2.45. The summed E-state index contributed by atoms with van der Waals surface area (Å²) in [6.45, 7) is 0.